The lowest BCUT2D eigenvalue weighted by molar-refractivity contribution is -0.134. The van der Waals surface area contributed by atoms with E-state index in [0.29, 0.717) is 42.2 Å². The molecular formula is C18H22ClN3O4S. The third-order valence-corrected chi connectivity index (χ3v) is 6.56. The summed E-state index contributed by atoms with van der Waals surface area (Å²) in [5, 5.41) is 1.35. The number of amides is 1. The Morgan fingerprint density at radius 3 is 2.70 bits per heavy atom. The Kier molecular flexibility index (Phi) is 5.88. The number of sulfonamides is 1. The van der Waals surface area contributed by atoms with Gasteiger partial charge in [-0.1, -0.05) is 11.6 Å². The van der Waals surface area contributed by atoms with Crippen molar-refractivity contribution in [3.63, 3.8) is 0 Å². The van der Waals surface area contributed by atoms with Crippen LogP contribution in [0.4, 0.5) is 0 Å². The number of hydrogen-bond donors (Lipinski definition) is 0. The second-order valence-corrected chi connectivity index (χ2v) is 9.07. The van der Waals surface area contributed by atoms with Crippen molar-refractivity contribution in [3.05, 3.63) is 35.5 Å². The molecule has 1 amide bonds. The fourth-order valence-electron chi connectivity index (χ4n) is 3.21. The van der Waals surface area contributed by atoms with E-state index in [1.165, 1.54) is 10.6 Å². The number of carbonyl (C=O) groups excluding carboxylic acids is 1. The summed E-state index contributed by atoms with van der Waals surface area (Å²) in [6, 6.07) is 6.99. The van der Waals surface area contributed by atoms with E-state index in [4.69, 9.17) is 16.3 Å². The second kappa shape index (κ2) is 8.00. The van der Waals surface area contributed by atoms with E-state index in [9.17, 15) is 13.2 Å². The maximum absolute atomic E-state index is 12.5. The van der Waals surface area contributed by atoms with Crippen molar-refractivity contribution in [2.45, 2.75) is 18.9 Å². The quantitative estimate of drug-likeness (QED) is 0.753. The predicted octanol–water partition coefficient (Wildman–Crippen LogP) is 2.15. The smallest absolute Gasteiger partial charge is 0.260 e. The fraction of sp³-hybridized carbons (Fsp3) is 0.444. The summed E-state index contributed by atoms with van der Waals surface area (Å²) in [6.45, 7) is 0.915. The Labute approximate surface area is 163 Å². The number of piperidine rings is 1. The number of ether oxygens (including phenoxy) is 1. The third-order valence-electron chi connectivity index (χ3n) is 4.89. The zero-order valence-corrected chi connectivity index (χ0v) is 16.8. The molecule has 0 N–H and O–H groups in total. The number of pyridine rings is 1. The van der Waals surface area contributed by atoms with Crippen molar-refractivity contribution in [2.24, 2.45) is 0 Å². The van der Waals surface area contributed by atoms with E-state index >= 15 is 0 Å². The van der Waals surface area contributed by atoms with Gasteiger partial charge in [0.1, 0.15) is 11.3 Å². The van der Waals surface area contributed by atoms with Gasteiger partial charge in [-0.15, -0.1) is 0 Å². The lowest BCUT2D eigenvalue weighted by Gasteiger charge is -2.35. The molecule has 0 bridgehead atoms. The van der Waals surface area contributed by atoms with Gasteiger partial charge in [0.2, 0.25) is 10.0 Å². The molecule has 0 unspecified atom stereocenters. The molecule has 9 heteroatoms. The van der Waals surface area contributed by atoms with Crippen LogP contribution in [0.25, 0.3) is 10.9 Å². The van der Waals surface area contributed by atoms with Gasteiger partial charge in [0, 0.05) is 37.8 Å². The number of likely N-dealkylation sites (tertiary alicyclic amines) is 1. The topological polar surface area (TPSA) is 79.8 Å². The highest BCUT2D eigenvalue weighted by atomic mass is 35.5. The molecule has 1 fully saturated rings. The molecule has 1 aliphatic rings. The average molecular weight is 412 g/mol. The number of fused-ring (bicyclic) bond motifs is 1. The maximum Gasteiger partial charge on any atom is 0.260 e. The summed E-state index contributed by atoms with van der Waals surface area (Å²) in [6.07, 6.45) is 4.07. The first kappa shape index (κ1) is 19.9. The van der Waals surface area contributed by atoms with Crippen molar-refractivity contribution in [3.8, 4) is 5.75 Å². The molecule has 0 aliphatic carbocycles. The number of halogens is 1. The van der Waals surface area contributed by atoms with E-state index in [2.05, 4.69) is 4.98 Å². The number of hydrogen-bond acceptors (Lipinski definition) is 5. The first-order valence-corrected chi connectivity index (χ1v) is 10.9. The SMILES string of the molecule is CN(C1CCN(C(=O)COc2ccc(Cl)c3cccnc23)CC1)S(C)(=O)=O. The fourth-order valence-corrected chi connectivity index (χ4v) is 4.18. The summed E-state index contributed by atoms with van der Waals surface area (Å²) in [4.78, 5) is 18.5. The molecule has 0 spiro atoms. The van der Waals surface area contributed by atoms with Gasteiger partial charge in [0.15, 0.2) is 6.61 Å². The molecule has 0 radical (unpaired) electrons. The highest BCUT2D eigenvalue weighted by Gasteiger charge is 2.29. The van der Waals surface area contributed by atoms with Crippen LogP contribution < -0.4 is 4.74 Å². The third kappa shape index (κ3) is 4.51. The van der Waals surface area contributed by atoms with Gasteiger partial charge in [-0.3, -0.25) is 9.78 Å². The number of rotatable bonds is 5. The number of nitrogens with zero attached hydrogens (tertiary/aromatic N) is 3. The van der Waals surface area contributed by atoms with E-state index in [1.54, 1.807) is 36.3 Å². The lowest BCUT2D eigenvalue weighted by Crippen LogP contribution is -2.48. The summed E-state index contributed by atoms with van der Waals surface area (Å²) >= 11 is 6.17. The minimum atomic E-state index is -3.22. The van der Waals surface area contributed by atoms with Crippen LogP contribution in [0.15, 0.2) is 30.5 Å². The molecule has 2 heterocycles. The first-order chi connectivity index (χ1) is 12.8. The standard InChI is InChI=1S/C18H22ClN3O4S/c1-21(27(2,24)25)13-7-10-22(11-8-13)17(23)12-26-16-6-5-15(19)14-4-3-9-20-18(14)16/h3-6,9,13H,7-8,10-12H2,1-2H3. The number of benzene rings is 1. The molecule has 1 aromatic carbocycles. The molecule has 27 heavy (non-hydrogen) atoms. The second-order valence-electron chi connectivity index (χ2n) is 6.62. The van der Waals surface area contributed by atoms with Crippen molar-refractivity contribution in [2.75, 3.05) is 33.0 Å². The summed E-state index contributed by atoms with van der Waals surface area (Å²) < 4.78 is 30.4. The normalized spacial score (nSPS) is 16.1. The Hall–Kier alpha value is -1.90. The predicted molar refractivity (Wildman–Crippen MR) is 104 cm³/mol. The maximum atomic E-state index is 12.5. The van der Waals surface area contributed by atoms with Gasteiger partial charge in [0.25, 0.3) is 5.91 Å². The summed E-state index contributed by atoms with van der Waals surface area (Å²) in [5.74, 6) is 0.379. The highest BCUT2D eigenvalue weighted by molar-refractivity contribution is 7.88. The molecule has 1 aromatic heterocycles. The van der Waals surface area contributed by atoms with Gasteiger partial charge < -0.3 is 9.64 Å². The zero-order chi connectivity index (χ0) is 19.6. The van der Waals surface area contributed by atoms with Gasteiger partial charge in [-0.05, 0) is 37.1 Å². The molecular weight excluding hydrogens is 390 g/mol. The Balaban J connectivity index is 1.59. The Morgan fingerprint density at radius 1 is 1.33 bits per heavy atom. The largest absolute Gasteiger partial charge is 0.481 e. The molecule has 0 atom stereocenters. The lowest BCUT2D eigenvalue weighted by atomic mass is 10.1. The van der Waals surface area contributed by atoms with Crippen LogP contribution in [0.3, 0.4) is 0 Å². The Morgan fingerprint density at radius 2 is 2.04 bits per heavy atom. The van der Waals surface area contributed by atoms with Gasteiger partial charge >= 0.3 is 0 Å². The van der Waals surface area contributed by atoms with E-state index in [1.807, 2.05) is 6.07 Å². The van der Waals surface area contributed by atoms with Crippen LogP contribution >= 0.6 is 11.6 Å². The van der Waals surface area contributed by atoms with Crippen LogP contribution in [0.5, 0.6) is 5.75 Å². The molecule has 146 valence electrons. The van der Waals surface area contributed by atoms with Gasteiger partial charge in [-0.2, -0.15) is 0 Å². The van der Waals surface area contributed by atoms with Crippen LogP contribution in [-0.2, 0) is 14.8 Å². The molecule has 3 rings (SSSR count). The molecule has 0 saturated carbocycles. The van der Waals surface area contributed by atoms with Gasteiger partial charge in [-0.25, -0.2) is 12.7 Å². The van der Waals surface area contributed by atoms with Crippen molar-refractivity contribution in [1.82, 2.24) is 14.2 Å². The molecule has 7 nitrogen and oxygen atoms in total. The summed E-state index contributed by atoms with van der Waals surface area (Å²) in [7, 11) is -1.64. The monoisotopic (exact) mass is 411 g/mol. The van der Waals surface area contributed by atoms with Gasteiger partial charge in [0.05, 0.1) is 11.3 Å². The van der Waals surface area contributed by atoms with E-state index < -0.39 is 10.0 Å². The molecule has 1 saturated heterocycles. The van der Waals surface area contributed by atoms with Crippen molar-refractivity contribution < 1.29 is 17.9 Å². The van der Waals surface area contributed by atoms with Crippen LogP contribution in [-0.4, -0.2) is 67.6 Å². The minimum Gasteiger partial charge on any atom is -0.481 e. The molecule has 1 aliphatic heterocycles. The number of carbonyl (C=O) groups is 1. The average Bonchev–Trinajstić information content (AvgIpc) is 2.66. The van der Waals surface area contributed by atoms with Crippen LogP contribution in [0.1, 0.15) is 12.8 Å². The van der Waals surface area contributed by atoms with Crippen LogP contribution in [0, 0.1) is 0 Å². The van der Waals surface area contributed by atoms with Crippen LogP contribution in [0.2, 0.25) is 5.02 Å². The van der Waals surface area contributed by atoms with Crippen molar-refractivity contribution >= 4 is 38.4 Å². The number of aromatic nitrogens is 1. The Bertz CT molecular complexity index is 943. The zero-order valence-electron chi connectivity index (χ0n) is 15.3. The van der Waals surface area contributed by atoms with E-state index in [-0.39, 0.29) is 18.6 Å². The van der Waals surface area contributed by atoms with E-state index in [0.717, 1.165) is 5.39 Å². The molecule has 2 aromatic rings. The first-order valence-electron chi connectivity index (χ1n) is 8.64. The van der Waals surface area contributed by atoms with Crippen molar-refractivity contribution in [1.29, 1.82) is 0 Å². The minimum absolute atomic E-state index is 0.0747. The summed E-state index contributed by atoms with van der Waals surface area (Å²) in [5.41, 5.74) is 0.617. The highest BCUT2D eigenvalue weighted by Crippen LogP contribution is 2.29.